The van der Waals surface area contributed by atoms with E-state index in [2.05, 4.69) is 12.2 Å². The Morgan fingerprint density at radius 1 is 1.52 bits per heavy atom. The SMILES string of the molecule is CCCNc1ccc(Cl)cc1C(=O)N(C)CC1CCCO1. The normalized spacial score (nSPS) is 17.8. The minimum atomic E-state index is -0.0217. The number of anilines is 1. The van der Waals surface area contributed by atoms with Crippen molar-refractivity contribution in [1.82, 2.24) is 4.90 Å². The highest BCUT2D eigenvalue weighted by molar-refractivity contribution is 6.31. The fourth-order valence-electron chi connectivity index (χ4n) is 2.49. The summed E-state index contributed by atoms with van der Waals surface area (Å²) in [7, 11) is 1.81. The molecule has 1 N–H and O–H groups in total. The summed E-state index contributed by atoms with van der Waals surface area (Å²) in [6, 6.07) is 5.40. The third-order valence-electron chi connectivity index (χ3n) is 3.63. The molecule has 5 heteroatoms. The Bertz CT molecular complexity index is 487. The van der Waals surface area contributed by atoms with E-state index >= 15 is 0 Å². The van der Waals surface area contributed by atoms with Crippen molar-refractivity contribution in [3.8, 4) is 0 Å². The summed E-state index contributed by atoms with van der Waals surface area (Å²) in [5.74, 6) is -0.0217. The highest BCUT2D eigenvalue weighted by atomic mass is 35.5. The number of halogens is 1. The number of benzene rings is 1. The largest absolute Gasteiger partial charge is 0.384 e. The lowest BCUT2D eigenvalue weighted by molar-refractivity contribution is 0.0588. The molecule has 1 unspecified atom stereocenters. The number of nitrogens with one attached hydrogen (secondary N) is 1. The van der Waals surface area contributed by atoms with Gasteiger partial charge in [-0.1, -0.05) is 18.5 Å². The number of hydrogen-bond acceptors (Lipinski definition) is 3. The molecule has 1 aliphatic rings. The molecule has 2 rings (SSSR count). The molecule has 1 aromatic carbocycles. The topological polar surface area (TPSA) is 41.6 Å². The van der Waals surface area contributed by atoms with Gasteiger partial charge in [-0.05, 0) is 37.5 Å². The van der Waals surface area contributed by atoms with Gasteiger partial charge in [0, 0.05) is 37.5 Å². The fraction of sp³-hybridized carbons (Fsp3) is 0.562. The summed E-state index contributed by atoms with van der Waals surface area (Å²) in [5.41, 5.74) is 1.46. The van der Waals surface area contributed by atoms with Crippen LogP contribution in [-0.4, -0.2) is 43.7 Å². The van der Waals surface area contributed by atoms with Gasteiger partial charge in [0.15, 0.2) is 0 Å². The summed E-state index contributed by atoms with van der Waals surface area (Å²) in [4.78, 5) is 14.4. The van der Waals surface area contributed by atoms with E-state index in [1.54, 1.807) is 17.0 Å². The second kappa shape index (κ2) is 7.66. The quantitative estimate of drug-likeness (QED) is 0.875. The highest BCUT2D eigenvalue weighted by Crippen LogP contribution is 2.23. The van der Waals surface area contributed by atoms with Crippen molar-refractivity contribution in [3.05, 3.63) is 28.8 Å². The molecule has 4 nitrogen and oxygen atoms in total. The van der Waals surface area contributed by atoms with Gasteiger partial charge in [-0.3, -0.25) is 4.79 Å². The van der Waals surface area contributed by atoms with Crippen molar-refractivity contribution in [1.29, 1.82) is 0 Å². The van der Waals surface area contributed by atoms with Crippen molar-refractivity contribution in [2.24, 2.45) is 0 Å². The van der Waals surface area contributed by atoms with Gasteiger partial charge in [0.05, 0.1) is 11.7 Å². The molecule has 0 aliphatic carbocycles. The second-order valence-corrected chi connectivity index (χ2v) is 5.87. The van der Waals surface area contributed by atoms with E-state index in [0.717, 1.165) is 38.1 Å². The molecule has 1 saturated heterocycles. The summed E-state index contributed by atoms with van der Waals surface area (Å²) in [6.07, 6.45) is 3.26. The first-order valence-electron chi connectivity index (χ1n) is 7.52. The van der Waals surface area contributed by atoms with Crippen LogP contribution in [-0.2, 0) is 4.74 Å². The van der Waals surface area contributed by atoms with Crippen LogP contribution in [0.5, 0.6) is 0 Å². The van der Waals surface area contributed by atoms with Crippen molar-refractivity contribution in [2.75, 3.05) is 32.1 Å². The number of ether oxygens (including phenoxy) is 1. The number of rotatable bonds is 6. The first-order valence-corrected chi connectivity index (χ1v) is 7.90. The molecule has 1 amide bonds. The summed E-state index contributed by atoms with van der Waals surface area (Å²) in [6.45, 7) is 4.34. The van der Waals surface area contributed by atoms with Gasteiger partial charge < -0.3 is 15.0 Å². The van der Waals surface area contributed by atoms with Crippen LogP contribution in [0.1, 0.15) is 36.5 Å². The van der Waals surface area contributed by atoms with E-state index in [-0.39, 0.29) is 12.0 Å². The van der Waals surface area contributed by atoms with Crippen LogP contribution in [0, 0.1) is 0 Å². The Kier molecular flexibility index (Phi) is 5.88. The number of amides is 1. The number of hydrogen-bond donors (Lipinski definition) is 1. The summed E-state index contributed by atoms with van der Waals surface area (Å²) in [5, 5.41) is 3.86. The van der Waals surface area contributed by atoms with Crippen molar-refractivity contribution in [2.45, 2.75) is 32.3 Å². The lowest BCUT2D eigenvalue weighted by Crippen LogP contribution is -2.34. The molecule has 116 valence electrons. The molecule has 0 radical (unpaired) electrons. The molecule has 0 spiro atoms. The van der Waals surface area contributed by atoms with E-state index in [9.17, 15) is 4.79 Å². The molecule has 1 atom stereocenters. The minimum absolute atomic E-state index is 0.0217. The molecule has 1 aromatic rings. The van der Waals surface area contributed by atoms with Crippen LogP contribution in [0.3, 0.4) is 0 Å². The zero-order chi connectivity index (χ0) is 15.2. The summed E-state index contributed by atoms with van der Waals surface area (Å²) >= 11 is 6.05. The third kappa shape index (κ3) is 4.35. The van der Waals surface area contributed by atoms with Crippen LogP contribution in [0.15, 0.2) is 18.2 Å². The number of carbonyl (C=O) groups excluding carboxylic acids is 1. The molecular formula is C16H23ClN2O2. The van der Waals surface area contributed by atoms with E-state index in [1.807, 2.05) is 13.1 Å². The standard InChI is InChI=1S/C16H23ClN2O2/c1-3-8-18-15-7-6-12(17)10-14(15)16(20)19(2)11-13-5-4-9-21-13/h6-7,10,13,18H,3-5,8-9,11H2,1-2H3. The van der Waals surface area contributed by atoms with E-state index in [1.165, 1.54) is 0 Å². The Hall–Kier alpha value is -1.26. The van der Waals surface area contributed by atoms with Gasteiger partial charge in [0.2, 0.25) is 0 Å². The van der Waals surface area contributed by atoms with Crippen LogP contribution in [0.2, 0.25) is 5.02 Å². The first-order chi connectivity index (χ1) is 10.1. The lowest BCUT2D eigenvalue weighted by atomic mass is 10.1. The predicted octanol–water partition coefficient (Wildman–Crippen LogP) is 3.41. The Morgan fingerprint density at radius 3 is 3.00 bits per heavy atom. The van der Waals surface area contributed by atoms with Crippen LogP contribution in [0.25, 0.3) is 0 Å². The van der Waals surface area contributed by atoms with Gasteiger partial charge in [0.25, 0.3) is 5.91 Å². The molecule has 0 bridgehead atoms. The maximum Gasteiger partial charge on any atom is 0.255 e. The predicted molar refractivity (Wildman–Crippen MR) is 86.2 cm³/mol. The van der Waals surface area contributed by atoms with Gasteiger partial charge in [0.1, 0.15) is 0 Å². The van der Waals surface area contributed by atoms with Crippen LogP contribution in [0.4, 0.5) is 5.69 Å². The Balaban J connectivity index is 2.10. The van der Waals surface area contributed by atoms with Crippen molar-refractivity contribution >= 4 is 23.2 Å². The average Bonchev–Trinajstić information content (AvgIpc) is 2.98. The lowest BCUT2D eigenvalue weighted by Gasteiger charge is -2.22. The molecule has 0 saturated carbocycles. The molecule has 0 aromatic heterocycles. The van der Waals surface area contributed by atoms with Crippen LogP contribution < -0.4 is 5.32 Å². The van der Waals surface area contributed by atoms with Gasteiger partial charge >= 0.3 is 0 Å². The van der Waals surface area contributed by atoms with Gasteiger partial charge in [-0.2, -0.15) is 0 Å². The number of likely N-dealkylation sites (N-methyl/N-ethyl adjacent to an activating group) is 1. The molecular weight excluding hydrogens is 288 g/mol. The zero-order valence-electron chi connectivity index (χ0n) is 12.7. The minimum Gasteiger partial charge on any atom is -0.384 e. The molecule has 1 fully saturated rings. The summed E-state index contributed by atoms with van der Waals surface area (Å²) < 4.78 is 5.59. The zero-order valence-corrected chi connectivity index (χ0v) is 13.4. The second-order valence-electron chi connectivity index (χ2n) is 5.44. The fourth-order valence-corrected chi connectivity index (χ4v) is 2.66. The Labute approximate surface area is 131 Å². The van der Waals surface area contributed by atoms with Gasteiger partial charge in [-0.15, -0.1) is 0 Å². The third-order valence-corrected chi connectivity index (χ3v) is 3.86. The Morgan fingerprint density at radius 2 is 2.33 bits per heavy atom. The van der Waals surface area contributed by atoms with E-state index in [0.29, 0.717) is 17.1 Å². The van der Waals surface area contributed by atoms with Crippen molar-refractivity contribution < 1.29 is 9.53 Å². The highest BCUT2D eigenvalue weighted by Gasteiger charge is 2.22. The maximum atomic E-state index is 12.6. The molecule has 1 heterocycles. The number of carbonyl (C=O) groups is 1. The van der Waals surface area contributed by atoms with E-state index in [4.69, 9.17) is 16.3 Å². The average molecular weight is 311 g/mol. The van der Waals surface area contributed by atoms with Crippen LogP contribution >= 0.6 is 11.6 Å². The van der Waals surface area contributed by atoms with Gasteiger partial charge in [-0.25, -0.2) is 0 Å². The molecule has 1 aliphatic heterocycles. The van der Waals surface area contributed by atoms with E-state index < -0.39 is 0 Å². The monoisotopic (exact) mass is 310 g/mol. The van der Waals surface area contributed by atoms with Crippen molar-refractivity contribution in [3.63, 3.8) is 0 Å². The molecule has 21 heavy (non-hydrogen) atoms. The first kappa shape index (κ1) is 16.1. The maximum absolute atomic E-state index is 12.6. The number of nitrogens with zero attached hydrogens (tertiary/aromatic N) is 1. The smallest absolute Gasteiger partial charge is 0.255 e.